The van der Waals surface area contributed by atoms with Crippen molar-refractivity contribution in [3.05, 3.63) is 54.1 Å². The Labute approximate surface area is 221 Å². The van der Waals surface area contributed by atoms with Gasteiger partial charge in [0.1, 0.15) is 23.4 Å². The van der Waals surface area contributed by atoms with Gasteiger partial charge in [0.2, 0.25) is 21.9 Å². The molecule has 0 fully saturated rings. The number of nitrogens with two attached hydrogens (primary N) is 1. The number of hydrogen-bond acceptors (Lipinski definition) is 11. The Balaban J connectivity index is 1.90. The number of carbonyl (C=O) groups excluding carboxylic acids is 2. The van der Waals surface area contributed by atoms with E-state index in [2.05, 4.69) is 30.6 Å². The van der Waals surface area contributed by atoms with E-state index in [-0.39, 0.29) is 37.1 Å². The molecule has 13 nitrogen and oxygen atoms in total. The Morgan fingerprint density at radius 2 is 1.90 bits per heavy atom. The third kappa shape index (κ3) is 7.73. The maximum atomic E-state index is 13.7. The first-order valence-corrected chi connectivity index (χ1v) is 12.9. The van der Waals surface area contributed by atoms with Gasteiger partial charge in [-0.1, -0.05) is 6.07 Å². The molecule has 0 aliphatic rings. The zero-order chi connectivity index (χ0) is 28.8. The van der Waals surface area contributed by atoms with E-state index in [1.165, 1.54) is 30.4 Å². The molecule has 2 aromatic heterocycles. The highest BCUT2D eigenvalue weighted by molar-refractivity contribution is 7.92. The number of nitrogens with zero attached hydrogens (tertiary/aromatic N) is 6. The van der Waals surface area contributed by atoms with Crippen molar-refractivity contribution in [1.29, 1.82) is 0 Å². The molecule has 0 radical (unpaired) electrons. The fraction of sp³-hybridized carbons (Fsp3) is 0.273. The molecule has 1 aromatic carbocycles. The Morgan fingerprint density at radius 3 is 2.54 bits per heavy atom. The predicted octanol–water partition coefficient (Wildman–Crippen LogP) is 1.53. The molecule has 0 saturated carbocycles. The summed E-state index contributed by atoms with van der Waals surface area (Å²) in [6.07, 6.45) is -0.150. The van der Waals surface area contributed by atoms with Gasteiger partial charge >= 0.3 is 6.18 Å². The molecule has 0 spiro atoms. The molecular formula is C22H24F3N9O4S. The maximum absolute atomic E-state index is 13.7. The van der Waals surface area contributed by atoms with Crippen molar-refractivity contribution in [3.8, 4) is 0 Å². The number of amides is 1. The number of primary amides is 1. The molecule has 2 heterocycles. The van der Waals surface area contributed by atoms with Gasteiger partial charge < -0.3 is 26.1 Å². The van der Waals surface area contributed by atoms with Crippen molar-refractivity contribution in [2.24, 2.45) is 5.73 Å². The quantitative estimate of drug-likeness (QED) is 0.271. The highest BCUT2D eigenvalue weighted by Crippen LogP contribution is 2.34. The van der Waals surface area contributed by atoms with Crippen LogP contribution in [0.15, 0.2) is 42.9 Å². The van der Waals surface area contributed by atoms with E-state index in [1.54, 1.807) is 18.2 Å². The van der Waals surface area contributed by atoms with E-state index in [9.17, 15) is 31.2 Å². The van der Waals surface area contributed by atoms with Crippen LogP contribution in [0.4, 0.5) is 42.1 Å². The highest BCUT2D eigenvalue weighted by atomic mass is 32.2. The van der Waals surface area contributed by atoms with Gasteiger partial charge in [-0.15, -0.1) is 0 Å². The fourth-order valence-electron chi connectivity index (χ4n) is 3.30. The zero-order valence-electron chi connectivity index (χ0n) is 20.7. The lowest BCUT2D eigenvalue weighted by atomic mass is 10.2. The highest BCUT2D eigenvalue weighted by Gasteiger charge is 2.35. The van der Waals surface area contributed by atoms with Crippen LogP contribution in [-0.4, -0.2) is 66.9 Å². The number of halogens is 3. The summed E-state index contributed by atoms with van der Waals surface area (Å²) in [5, 5.41) is 5.33. The molecule has 0 unspecified atom stereocenters. The molecule has 0 saturated heterocycles. The monoisotopic (exact) mass is 567 g/mol. The van der Waals surface area contributed by atoms with Crippen molar-refractivity contribution in [2.45, 2.75) is 12.7 Å². The molecular weight excluding hydrogens is 543 g/mol. The topological polar surface area (TPSA) is 176 Å². The number of nitrogens with one attached hydrogen (secondary N) is 2. The van der Waals surface area contributed by atoms with Gasteiger partial charge in [0.25, 0.3) is 0 Å². The second-order valence-electron chi connectivity index (χ2n) is 8.05. The summed E-state index contributed by atoms with van der Waals surface area (Å²) in [5.41, 5.74) is 4.93. The van der Waals surface area contributed by atoms with E-state index in [4.69, 9.17) is 5.73 Å². The summed E-state index contributed by atoms with van der Waals surface area (Å²) < 4.78 is 65.8. The minimum atomic E-state index is -4.81. The van der Waals surface area contributed by atoms with Gasteiger partial charge in [0.05, 0.1) is 25.9 Å². The molecule has 208 valence electrons. The van der Waals surface area contributed by atoms with Crippen LogP contribution < -0.4 is 25.6 Å². The second kappa shape index (κ2) is 11.9. The number of rotatable bonds is 12. The smallest absolute Gasteiger partial charge is 0.368 e. The normalized spacial score (nSPS) is 11.5. The lowest BCUT2D eigenvalue weighted by molar-refractivity contribution is -0.137. The minimum absolute atomic E-state index is 0.0593. The van der Waals surface area contributed by atoms with Crippen molar-refractivity contribution >= 4 is 51.2 Å². The molecule has 1 amide bonds. The van der Waals surface area contributed by atoms with Crippen molar-refractivity contribution in [2.75, 3.05) is 46.2 Å². The number of carbonyl (C=O) groups is 2. The average molecular weight is 568 g/mol. The first-order valence-electron chi connectivity index (χ1n) is 11.1. The summed E-state index contributed by atoms with van der Waals surface area (Å²) in [7, 11) is -2.47. The van der Waals surface area contributed by atoms with Crippen LogP contribution in [0.3, 0.4) is 0 Å². The summed E-state index contributed by atoms with van der Waals surface area (Å²) >= 11 is 0. The maximum Gasteiger partial charge on any atom is 0.421 e. The Bertz CT molecular complexity index is 1450. The molecule has 39 heavy (non-hydrogen) atoms. The van der Waals surface area contributed by atoms with Gasteiger partial charge in [-0.05, 0) is 18.2 Å². The van der Waals surface area contributed by atoms with Crippen LogP contribution in [0.1, 0.15) is 11.3 Å². The standard InChI is InChI=1S/C22H24F3N9O4S/c1-33(39(2,37)38)20-17(27-6-7-28-20)12-29-19-16(22(23,24)25)11-30-21(32-19)31-14-4-3-5-15(10-14)34(8-9-35)13-18(26)36/h3-7,9-11H,8,12-13H2,1-2H3,(H2,26,36)(H2,29,30,31,32). The van der Waals surface area contributed by atoms with Crippen LogP contribution in [0.25, 0.3) is 0 Å². The summed E-state index contributed by atoms with van der Waals surface area (Å²) in [6, 6.07) is 6.32. The number of anilines is 5. The number of aromatic nitrogens is 4. The van der Waals surface area contributed by atoms with E-state index in [1.807, 2.05) is 0 Å². The number of benzene rings is 1. The molecule has 3 rings (SSSR count). The lowest BCUT2D eigenvalue weighted by Gasteiger charge is -2.21. The Kier molecular flexibility index (Phi) is 8.85. The van der Waals surface area contributed by atoms with Crippen LogP contribution in [0, 0.1) is 0 Å². The third-order valence-corrected chi connectivity index (χ3v) is 6.34. The van der Waals surface area contributed by atoms with Crippen LogP contribution in [0.5, 0.6) is 0 Å². The molecule has 0 atom stereocenters. The minimum Gasteiger partial charge on any atom is -0.368 e. The number of aldehydes is 1. The zero-order valence-corrected chi connectivity index (χ0v) is 21.5. The van der Waals surface area contributed by atoms with Gasteiger partial charge in [0.15, 0.2) is 5.82 Å². The molecule has 0 aliphatic carbocycles. The van der Waals surface area contributed by atoms with Gasteiger partial charge in [-0.25, -0.2) is 18.4 Å². The van der Waals surface area contributed by atoms with E-state index < -0.39 is 33.5 Å². The van der Waals surface area contributed by atoms with Gasteiger partial charge in [-0.2, -0.15) is 18.2 Å². The summed E-state index contributed by atoms with van der Waals surface area (Å²) in [5.74, 6) is -1.52. The van der Waals surface area contributed by atoms with E-state index >= 15 is 0 Å². The Morgan fingerprint density at radius 1 is 1.18 bits per heavy atom. The Hall–Kier alpha value is -4.54. The molecule has 3 aromatic rings. The first-order chi connectivity index (χ1) is 18.3. The second-order valence-corrected chi connectivity index (χ2v) is 10.1. The van der Waals surface area contributed by atoms with Crippen LogP contribution in [0.2, 0.25) is 0 Å². The molecule has 4 N–H and O–H groups in total. The molecule has 0 aliphatic heterocycles. The molecule has 0 bridgehead atoms. The van der Waals surface area contributed by atoms with Gasteiger partial charge in [0, 0.05) is 37.0 Å². The number of alkyl halides is 3. The van der Waals surface area contributed by atoms with E-state index in [0.717, 1.165) is 10.6 Å². The van der Waals surface area contributed by atoms with Gasteiger partial charge in [-0.3, -0.25) is 14.1 Å². The predicted molar refractivity (Wildman–Crippen MR) is 137 cm³/mol. The SMILES string of the molecule is CN(c1nccnc1CNc1nc(Nc2cccc(N(CC=O)CC(N)=O)c2)ncc1C(F)(F)F)S(C)(=O)=O. The summed E-state index contributed by atoms with van der Waals surface area (Å²) in [4.78, 5) is 39.5. The van der Waals surface area contributed by atoms with Crippen LogP contribution in [-0.2, 0) is 32.3 Å². The summed E-state index contributed by atoms with van der Waals surface area (Å²) in [6.45, 7) is -0.687. The number of hydrogen-bond donors (Lipinski definition) is 3. The largest absolute Gasteiger partial charge is 0.421 e. The fourth-order valence-corrected chi connectivity index (χ4v) is 3.77. The number of sulfonamides is 1. The van der Waals surface area contributed by atoms with Crippen LogP contribution >= 0.6 is 0 Å². The molecule has 17 heteroatoms. The van der Waals surface area contributed by atoms with E-state index in [0.29, 0.717) is 23.9 Å². The van der Waals surface area contributed by atoms with Crippen molar-refractivity contribution in [3.63, 3.8) is 0 Å². The van der Waals surface area contributed by atoms with Crippen molar-refractivity contribution in [1.82, 2.24) is 19.9 Å². The lowest BCUT2D eigenvalue weighted by Crippen LogP contribution is -2.35. The third-order valence-electron chi connectivity index (χ3n) is 5.17. The van der Waals surface area contributed by atoms with Crippen molar-refractivity contribution < 1.29 is 31.2 Å². The first kappa shape index (κ1) is 29.0. The average Bonchev–Trinajstić information content (AvgIpc) is 2.86.